The quantitative estimate of drug-likeness (QED) is 0.512. The van der Waals surface area contributed by atoms with Gasteiger partial charge >= 0.3 is 5.97 Å². The molecule has 11 heavy (non-hydrogen) atoms. The minimum Gasteiger partial charge on any atom is -0.469 e. The summed E-state index contributed by atoms with van der Waals surface area (Å²) in [5.74, 6) is -0.316. The molecule has 0 fully saturated rings. The van der Waals surface area contributed by atoms with E-state index in [2.05, 4.69) is 4.74 Å². The van der Waals surface area contributed by atoms with Gasteiger partial charge in [0.05, 0.1) is 24.3 Å². The number of alkyl halides is 2. The highest BCUT2D eigenvalue weighted by molar-refractivity contribution is 6.30. The Morgan fingerprint density at radius 3 is 2.36 bits per heavy atom. The first-order chi connectivity index (χ1) is 5.11. The molecule has 0 radical (unpaired) electrons. The van der Waals surface area contributed by atoms with E-state index in [1.54, 1.807) is 0 Å². The van der Waals surface area contributed by atoms with Crippen molar-refractivity contribution in [1.29, 1.82) is 0 Å². The average molecular weight is 199 g/mol. The molecule has 0 saturated heterocycles. The van der Waals surface area contributed by atoms with Crippen molar-refractivity contribution in [1.82, 2.24) is 0 Å². The summed E-state index contributed by atoms with van der Waals surface area (Å²) in [5, 5.41) is -0.482. The number of carbonyl (C=O) groups is 1. The number of carbonyl (C=O) groups excluding carboxylic acids is 1. The second-order valence-corrected chi connectivity index (χ2v) is 3.34. The smallest absolute Gasteiger partial charge is 0.307 e. The molecule has 4 heteroatoms. The highest BCUT2D eigenvalue weighted by Gasteiger charge is 2.18. The number of hydrogen-bond donors (Lipinski definition) is 0. The van der Waals surface area contributed by atoms with Gasteiger partial charge in [-0.2, -0.15) is 0 Å². The molecule has 0 aliphatic heterocycles. The summed E-state index contributed by atoms with van der Waals surface area (Å²) in [5.41, 5.74) is 0. The average Bonchev–Trinajstić information content (AvgIpc) is 2.02. The van der Waals surface area contributed by atoms with Crippen LogP contribution in [-0.2, 0) is 9.53 Å². The third kappa shape index (κ3) is 4.49. The number of hydrogen-bond acceptors (Lipinski definition) is 2. The van der Waals surface area contributed by atoms with E-state index in [4.69, 9.17) is 23.2 Å². The molecule has 0 aromatic carbocycles. The normalized spacial score (nSPS) is 15.6. The van der Waals surface area contributed by atoms with Crippen LogP contribution in [0.15, 0.2) is 0 Å². The Hall–Kier alpha value is 0.0500. The SMILES string of the molecule is CCC(Cl)C(Cl)CC(=O)OC. The van der Waals surface area contributed by atoms with Gasteiger partial charge in [0, 0.05) is 0 Å². The van der Waals surface area contributed by atoms with Gasteiger partial charge in [0.25, 0.3) is 0 Å². The standard InChI is InChI=1S/C7H12Cl2O2/c1-3-5(8)6(9)4-7(10)11-2/h5-6H,3-4H2,1-2H3. The van der Waals surface area contributed by atoms with Crippen molar-refractivity contribution in [3.8, 4) is 0 Å². The van der Waals surface area contributed by atoms with E-state index in [9.17, 15) is 4.79 Å². The maximum atomic E-state index is 10.7. The largest absolute Gasteiger partial charge is 0.469 e. The van der Waals surface area contributed by atoms with E-state index in [0.29, 0.717) is 0 Å². The summed E-state index contributed by atoms with van der Waals surface area (Å²) in [4.78, 5) is 10.7. The highest BCUT2D eigenvalue weighted by Crippen LogP contribution is 2.16. The molecular formula is C7H12Cl2O2. The Morgan fingerprint density at radius 1 is 1.45 bits per heavy atom. The monoisotopic (exact) mass is 198 g/mol. The second kappa shape index (κ2) is 5.67. The molecule has 0 aromatic rings. The summed E-state index contributed by atoms with van der Waals surface area (Å²) in [6.45, 7) is 1.92. The number of halogens is 2. The van der Waals surface area contributed by atoms with Gasteiger partial charge in [0.2, 0.25) is 0 Å². The third-order valence-electron chi connectivity index (χ3n) is 1.37. The first-order valence-corrected chi connectivity index (χ1v) is 4.34. The van der Waals surface area contributed by atoms with E-state index in [1.807, 2.05) is 6.92 Å². The number of ether oxygens (including phenoxy) is 1. The van der Waals surface area contributed by atoms with Crippen LogP contribution in [0.4, 0.5) is 0 Å². The lowest BCUT2D eigenvalue weighted by Gasteiger charge is -2.11. The van der Waals surface area contributed by atoms with Crippen LogP contribution in [0.1, 0.15) is 19.8 Å². The van der Waals surface area contributed by atoms with Crippen LogP contribution in [0.5, 0.6) is 0 Å². The Labute approximate surface area is 76.8 Å². The molecule has 2 unspecified atom stereocenters. The van der Waals surface area contributed by atoms with Gasteiger partial charge in [-0.15, -0.1) is 23.2 Å². The van der Waals surface area contributed by atoms with Crippen LogP contribution < -0.4 is 0 Å². The minimum absolute atomic E-state index is 0.157. The Morgan fingerprint density at radius 2 is 2.00 bits per heavy atom. The van der Waals surface area contributed by atoms with Crippen molar-refractivity contribution in [2.45, 2.75) is 30.5 Å². The van der Waals surface area contributed by atoms with Gasteiger partial charge in [-0.1, -0.05) is 6.92 Å². The van der Waals surface area contributed by atoms with Crippen LogP contribution in [0.3, 0.4) is 0 Å². The lowest BCUT2D eigenvalue weighted by atomic mass is 10.2. The molecule has 0 rings (SSSR count). The summed E-state index contributed by atoms with van der Waals surface area (Å²) in [7, 11) is 1.33. The lowest BCUT2D eigenvalue weighted by molar-refractivity contribution is -0.140. The van der Waals surface area contributed by atoms with Crippen LogP contribution in [0, 0.1) is 0 Å². The van der Waals surface area contributed by atoms with Crippen molar-refractivity contribution < 1.29 is 9.53 Å². The molecule has 0 spiro atoms. The van der Waals surface area contributed by atoms with Crippen molar-refractivity contribution in [2.24, 2.45) is 0 Å². The fourth-order valence-electron chi connectivity index (χ4n) is 0.626. The summed E-state index contributed by atoms with van der Waals surface area (Å²) in [6, 6.07) is 0. The van der Waals surface area contributed by atoms with Gasteiger partial charge in [-0.3, -0.25) is 4.79 Å². The van der Waals surface area contributed by atoms with E-state index < -0.39 is 0 Å². The van der Waals surface area contributed by atoms with E-state index in [0.717, 1.165) is 6.42 Å². The van der Waals surface area contributed by atoms with Crippen LogP contribution in [-0.4, -0.2) is 23.8 Å². The fraction of sp³-hybridized carbons (Fsp3) is 0.857. The van der Waals surface area contributed by atoms with E-state index in [1.165, 1.54) is 7.11 Å². The first-order valence-electron chi connectivity index (χ1n) is 3.46. The highest BCUT2D eigenvalue weighted by atomic mass is 35.5. The molecule has 2 atom stereocenters. The minimum atomic E-state index is -0.325. The van der Waals surface area contributed by atoms with Crippen LogP contribution >= 0.6 is 23.2 Å². The Balaban J connectivity index is 3.67. The third-order valence-corrected chi connectivity index (χ3v) is 2.57. The Bertz CT molecular complexity index is 128. The lowest BCUT2D eigenvalue weighted by Crippen LogP contribution is -2.18. The molecule has 0 saturated carbocycles. The molecule has 0 aliphatic rings. The molecule has 0 amide bonds. The number of esters is 1. The van der Waals surface area contributed by atoms with Crippen molar-refractivity contribution >= 4 is 29.2 Å². The summed E-state index contributed by atoms with van der Waals surface area (Å²) >= 11 is 11.5. The number of rotatable bonds is 4. The van der Waals surface area contributed by atoms with Crippen molar-refractivity contribution in [2.75, 3.05) is 7.11 Å². The van der Waals surface area contributed by atoms with Crippen molar-refractivity contribution in [3.63, 3.8) is 0 Å². The van der Waals surface area contributed by atoms with Gasteiger partial charge in [0.15, 0.2) is 0 Å². The second-order valence-electron chi connectivity index (χ2n) is 2.22. The van der Waals surface area contributed by atoms with E-state index in [-0.39, 0.29) is 23.1 Å². The Kier molecular flexibility index (Phi) is 5.69. The van der Waals surface area contributed by atoms with Crippen molar-refractivity contribution in [3.05, 3.63) is 0 Å². The molecule has 66 valence electrons. The zero-order valence-electron chi connectivity index (χ0n) is 6.64. The van der Waals surface area contributed by atoms with Gasteiger partial charge in [-0.05, 0) is 6.42 Å². The number of methoxy groups -OCH3 is 1. The molecule has 0 heterocycles. The maximum Gasteiger partial charge on any atom is 0.307 e. The van der Waals surface area contributed by atoms with Gasteiger partial charge in [0.1, 0.15) is 0 Å². The molecule has 2 nitrogen and oxygen atoms in total. The molecular weight excluding hydrogens is 187 g/mol. The van der Waals surface area contributed by atoms with Crippen LogP contribution in [0.2, 0.25) is 0 Å². The topological polar surface area (TPSA) is 26.3 Å². The van der Waals surface area contributed by atoms with Crippen LogP contribution in [0.25, 0.3) is 0 Å². The van der Waals surface area contributed by atoms with E-state index >= 15 is 0 Å². The fourth-order valence-corrected chi connectivity index (χ4v) is 1.02. The predicted molar refractivity (Wildman–Crippen MR) is 46.2 cm³/mol. The summed E-state index contributed by atoms with van der Waals surface area (Å²) in [6.07, 6.45) is 0.937. The van der Waals surface area contributed by atoms with Gasteiger partial charge < -0.3 is 4.74 Å². The molecule has 0 N–H and O–H groups in total. The maximum absolute atomic E-state index is 10.7. The van der Waals surface area contributed by atoms with Gasteiger partial charge in [-0.25, -0.2) is 0 Å². The molecule has 0 bridgehead atoms. The zero-order chi connectivity index (χ0) is 8.85. The first kappa shape index (κ1) is 11.1. The predicted octanol–water partition coefficient (Wildman–Crippen LogP) is 2.17. The zero-order valence-corrected chi connectivity index (χ0v) is 8.15. The molecule has 0 aliphatic carbocycles. The summed E-state index contributed by atoms with van der Waals surface area (Å²) < 4.78 is 4.43. The molecule has 0 aromatic heterocycles.